The largest absolute Gasteiger partial charge is 0.376 e. The van der Waals surface area contributed by atoms with Crippen LogP contribution in [0.1, 0.15) is 5.56 Å². The first-order chi connectivity index (χ1) is 9.00. The summed E-state index contributed by atoms with van der Waals surface area (Å²) in [4.78, 5) is 2.41. The van der Waals surface area contributed by atoms with Crippen molar-refractivity contribution in [2.24, 2.45) is 0 Å². The van der Waals surface area contributed by atoms with Crippen molar-refractivity contribution >= 4 is 5.69 Å². The Labute approximate surface area is 104 Å². The molecule has 1 N–H and O–H groups in total. The molecule has 1 aromatic carbocycles. The molecule has 0 aliphatic heterocycles. The van der Waals surface area contributed by atoms with Crippen molar-refractivity contribution in [3.63, 3.8) is 0 Å². The van der Waals surface area contributed by atoms with Crippen LogP contribution in [0.15, 0.2) is 24.3 Å². The average molecular weight is 274 g/mol. The highest BCUT2D eigenvalue weighted by Crippen LogP contribution is 2.22. The highest BCUT2D eigenvalue weighted by molar-refractivity contribution is 5.45. The molecule has 19 heavy (non-hydrogen) atoms. The second-order valence-corrected chi connectivity index (χ2v) is 3.64. The summed E-state index contributed by atoms with van der Waals surface area (Å²) in [5.41, 5.74) is -0.924. The van der Waals surface area contributed by atoms with E-state index in [1.165, 1.54) is 18.2 Å². The van der Waals surface area contributed by atoms with E-state index in [1.807, 2.05) is 0 Å². The Morgan fingerprint density at radius 1 is 0.895 bits per heavy atom. The maximum Gasteiger partial charge on any atom is 0.253 e. The second kappa shape index (κ2) is 5.21. The van der Waals surface area contributed by atoms with Crippen LogP contribution in [0.2, 0.25) is 0 Å². The van der Waals surface area contributed by atoms with Crippen LogP contribution in [0.4, 0.5) is 27.6 Å². The molecule has 0 saturated heterocycles. The van der Waals surface area contributed by atoms with Gasteiger partial charge in [0.05, 0.1) is 0 Å². The highest BCUT2D eigenvalue weighted by atomic mass is 19.2. The summed E-state index contributed by atoms with van der Waals surface area (Å²) >= 11 is 0. The van der Waals surface area contributed by atoms with Crippen molar-refractivity contribution in [3.8, 4) is 0 Å². The lowest BCUT2D eigenvalue weighted by molar-refractivity contribution is 0.410. The average Bonchev–Trinajstić information content (AvgIpc) is 2.38. The van der Waals surface area contributed by atoms with Gasteiger partial charge in [0.25, 0.3) is 11.9 Å². The minimum absolute atomic E-state index is 0.0962. The van der Waals surface area contributed by atoms with Gasteiger partial charge < -0.3 is 5.32 Å². The zero-order chi connectivity index (χ0) is 14.0. The first-order valence-corrected chi connectivity index (χ1v) is 5.18. The molecule has 0 atom stereocenters. The van der Waals surface area contributed by atoms with Gasteiger partial charge >= 0.3 is 0 Å². The van der Waals surface area contributed by atoms with Crippen molar-refractivity contribution < 1.29 is 22.0 Å². The number of pyridine rings is 1. The second-order valence-electron chi connectivity index (χ2n) is 3.64. The molecule has 0 unspecified atom stereocenters. The molecule has 1 heterocycles. The number of nitrogens with one attached hydrogen (secondary N) is 1. The van der Waals surface area contributed by atoms with E-state index in [-0.39, 0.29) is 12.1 Å². The predicted octanol–water partition coefficient (Wildman–Crippen LogP) is 3.39. The Bertz CT molecular complexity index is 589. The van der Waals surface area contributed by atoms with Crippen LogP contribution in [0.25, 0.3) is 0 Å². The summed E-state index contributed by atoms with van der Waals surface area (Å²) in [6.07, 6.45) is 0. The molecule has 2 nitrogen and oxygen atoms in total. The van der Waals surface area contributed by atoms with E-state index in [0.717, 1.165) is 6.07 Å². The Hall–Kier alpha value is -2.18. The summed E-state index contributed by atoms with van der Waals surface area (Å²) in [6.45, 7) is -0.330. The molecule has 0 spiro atoms. The molecule has 0 bridgehead atoms. The summed E-state index contributed by atoms with van der Waals surface area (Å²) in [5, 5.41) is 2.11. The standard InChI is InChI=1S/C12H7F5N2/c13-7-4-2-1-3-6(7)5-18-10-8(14)11(16)19-12(17)9(10)15/h1-4H,5H2,(H,18,19). The van der Waals surface area contributed by atoms with Gasteiger partial charge in [0.1, 0.15) is 11.5 Å². The molecule has 1 aromatic heterocycles. The molecule has 100 valence electrons. The molecule has 0 saturated carbocycles. The van der Waals surface area contributed by atoms with Crippen LogP contribution in [0.3, 0.4) is 0 Å². The summed E-state index contributed by atoms with van der Waals surface area (Å²) in [5.74, 6) is -7.46. The maximum absolute atomic E-state index is 13.3. The number of halogens is 5. The van der Waals surface area contributed by atoms with Gasteiger partial charge in [-0.25, -0.2) is 4.39 Å². The molecule has 0 fully saturated rings. The lowest BCUT2D eigenvalue weighted by atomic mass is 10.2. The minimum atomic E-state index is -1.77. The SMILES string of the molecule is Fc1ccccc1CNc1c(F)c(F)nc(F)c1F. The Morgan fingerprint density at radius 2 is 1.47 bits per heavy atom. The normalized spacial score (nSPS) is 10.6. The monoisotopic (exact) mass is 274 g/mol. The van der Waals surface area contributed by atoms with Crippen molar-refractivity contribution in [3.05, 3.63) is 59.2 Å². The van der Waals surface area contributed by atoms with E-state index in [0.29, 0.717) is 0 Å². The van der Waals surface area contributed by atoms with Gasteiger partial charge in [0.2, 0.25) is 11.6 Å². The topological polar surface area (TPSA) is 24.9 Å². The van der Waals surface area contributed by atoms with Gasteiger partial charge in [-0.3, -0.25) is 0 Å². The third kappa shape index (κ3) is 2.64. The Kier molecular flexibility index (Phi) is 3.64. The minimum Gasteiger partial charge on any atom is -0.376 e. The van der Waals surface area contributed by atoms with Crippen LogP contribution in [-0.2, 0) is 6.54 Å². The number of rotatable bonds is 3. The molecular weight excluding hydrogens is 267 g/mol. The molecule has 0 amide bonds. The Balaban J connectivity index is 2.28. The van der Waals surface area contributed by atoms with Crippen LogP contribution < -0.4 is 5.32 Å². The molecule has 0 aliphatic rings. The number of hydrogen-bond donors (Lipinski definition) is 1. The van der Waals surface area contributed by atoms with Gasteiger partial charge in [-0.2, -0.15) is 22.5 Å². The fourth-order valence-corrected chi connectivity index (χ4v) is 1.47. The molecule has 0 aliphatic carbocycles. The quantitative estimate of drug-likeness (QED) is 0.685. The maximum atomic E-state index is 13.3. The van der Waals surface area contributed by atoms with Gasteiger partial charge in [-0.05, 0) is 6.07 Å². The van der Waals surface area contributed by atoms with Crippen molar-refractivity contribution in [1.29, 1.82) is 0 Å². The summed E-state index contributed by atoms with van der Waals surface area (Å²) < 4.78 is 65.4. The number of nitrogens with zero attached hydrogens (tertiary/aromatic N) is 1. The lowest BCUT2D eigenvalue weighted by Crippen LogP contribution is -2.10. The fourth-order valence-electron chi connectivity index (χ4n) is 1.47. The molecule has 0 radical (unpaired) electrons. The van der Waals surface area contributed by atoms with Crippen molar-refractivity contribution in [2.45, 2.75) is 6.54 Å². The van der Waals surface area contributed by atoms with Crippen LogP contribution >= 0.6 is 0 Å². The van der Waals surface area contributed by atoms with E-state index in [1.54, 1.807) is 0 Å². The van der Waals surface area contributed by atoms with E-state index in [9.17, 15) is 22.0 Å². The lowest BCUT2D eigenvalue weighted by Gasteiger charge is -2.09. The third-order valence-corrected chi connectivity index (χ3v) is 2.41. The van der Waals surface area contributed by atoms with E-state index < -0.39 is 35.0 Å². The first-order valence-electron chi connectivity index (χ1n) is 5.18. The van der Waals surface area contributed by atoms with E-state index in [2.05, 4.69) is 10.3 Å². The highest BCUT2D eigenvalue weighted by Gasteiger charge is 2.20. The summed E-state index contributed by atoms with van der Waals surface area (Å²) in [7, 11) is 0. The smallest absolute Gasteiger partial charge is 0.253 e. The zero-order valence-corrected chi connectivity index (χ0v) is 9.35. The van der Waals surface area contributed by atoms with Gasteiger partial charge in [-0.15, -0.1) is 0 Å². The van der Waals surface area contributed by atoms with Crippen molar-refractivity contribution in [1.82, 2.24) is 4.98 Å². The van der Waals surface area contributed by atoms with E-state index >= 15 is 0 Å². The molecule has 2 rings (SSSR count). The van der Waals surface area contributed by atoms with Gasteiger partial charge in [0, 0.05) is 12.1 Å². The summed E-state index contributed by atoms with van der Waals surface area (Å²) in [6, 6.07) is 5.47. The molecule has 2 aromatic rings. The first kappa shape index (κ1) is 13.3. The third-order valence-electron chi connectivity index (χ3n) is 2.41. The van der Waals surface area contributed by atoms with Gasteiger partial charge in [0.15, 0.2) is 0 Å². The van der Waals surface area contributed by atoms with E-state index in [4.69, 9.17) is 0 Å². The number of anilines is 1. The van der Waals surface area contributed by atoms with Gasteiger partial charge in [-0.1, -0.05) is 18.2 Å². The molecular formula is C12H7F5N2. The zero-order valence-electron chi connectivity index (χ0n) is 9.35. The number of hydrogen-bond acceptors (Lipinski definition) is 2. The number of aromatic nitrogens is 1. The Morgan fingerprint density at radius 3 is 2.05 bits per heavy atom. The predicted molar refractivity (Wildman–Crippen MR) is 57.8 cm³/mol. The van der Waals surface area contributed by atoms with Crippen molar-refractivity contribution in [2.75, 3.05) is 5.32 Å². The van der Waals surface area contributed by atoms with Crippen LogP contribution in [-0.4, -0.2) is 4.98 Å². The van der Waals surface area contributed by atoms with Crippen LogP contribution in [0, 0.1) is 29.3 Å². The van der Waals surface area contributed by atoms with Crippen LogP contribution in [0.5, 0.6) is 0 Å². The molecule has 7 heteroatoms. The fraction of sp³-hybridized carbons (Fsp3) is 0.0833. The number of benzene rings is 1.